The summed E-state index contributed by atoms with van der Waals surface area (Å²) in [6.07, 6.45) is 3.39. The molecule has 3 rings (SSSR count). The first-order valence-electron chi connectivity index (χ1n) is 6.61. The zero-order chi connectivity index (χ0) is 14.8. The summed E-state index contributed by atoms with van der Waals surface area (Å²) in [5, 5.41) is 4.97. The third-order valence-electron chi connectivity index (χ3n) is 3.26. The topological polar surface area (TPSA) is 60.1 Å². The molecule has 0 fully saturated rings. The van der Waals surface area contributed by atoms with Gasteiger partial charge in [-0.3, -0.25) is 9.78 Å². The molecule has 2 heterocycles. The maximum absolute atomic E-state index is 12.5. The monoisotopic (exact) mass is 278 g/mol. The molecule has 0 saturated heterocycles. The van der Waals surface area contributed by atoms with Gasteiger partial charge in [0, 0.05) is 18.0 Å². The molecule has 0 radical (unpaired) electrons. The molecule has 0 aliphatic heterocycles. The highest BCUT2D eigenvalue weighted by Crippen LogP contribution is 2.08. The molecule has 0 atom stereocenters. The van der Waals surface area contributed by atoms with Gasteiger partial charge in [-0.1, -0.05) is 12.1 Å². The fourth-order valence-electron chi connectivity index (χ4n) is 2.15. The minimum atomic E-state index is -0.161. The van der Waals surface area contributed by atoms with Crippen LogP contribution >= 0.6 is 0 Å². The normalized spacial score (nSPS) is 11.8. The van der Waals surface area contributed by atoms with Crippen molar-refractivity contribution in [2.24, 2.45) is 5.10 Å². The van der Waals surface area contributed by atoms with Gasteiger partial charge in [0.1, 0.15) is 5.82 Å². The van der Waals surface area contributed by atoms with E-state index in [1.165, 1.54) is 4.68 Å². The van der Waals surface area contributed by atoms with Gasteiger partial charge in [-0.25, -0.2) is 4.98 Å². The van der Waals surface area contributed by atoms with Crippen molar-refractivity contribution in [2.75, 3.05) is 0 Å². The SMILES string of the molecule is C/C(=N/n1c(C)nc2ccccc2c1=O)c1ccncc1. The Balaban J connectivity index is 2.19. The molecule has 0 aliphatic rings. The van der Waals surface area contributed by atoms with Gasteiger partial charge in [0.15, 0.2) is 0 Å². The fraction of sp³-hybridized carbons (Fsp3) is 0.125. The van der Waals surface area contributed by atoms with Gasteiger partial charge in [-0.2, -0.15) is 9.78 Å². The first-order chi connectivity index (χ1) is 10.2. The molecule has 5 nitrogen and oxygen atoms in total. The molecule has 0 amide bonds. The molecule has 2 aromatic heterocycles. The summed E-state index contributed by atoms with van der Waals surface area (Å²) < 4.78 is 1.35. The van der Waals surface area contributed by atoms with Gasteiger partial charge in [0.25, 0.3) is 5.56 Å². The number of hydrogen-bond acceptors (Lipinski definition) is 4. The maximum atomic E-state index is 12.5. The molecule has 0 bridgehead atoms. The average molecular weight is 278 g/mol. The van der Waals surface area contributed by atoms with Crippen molar-refractivity contribution in [3.63, 3.8) is 0 Å². The Kier molecular flexibility index (Phi) is 3.31. The highest BCUT2D eigenvalue weighted by Gasteiger charge is 2.07. The van der Waals surface area contributed by atoms with Gasteiger partial charge in [0.05, 0.1) is 16.6 Å². The molecule has 104 valence electrons. The van der Waals surface area contributed by atoms with Crippen molar-refractivity contribution in [3.8, 4) is 0 Å². The third-order valence-corrected chi connectivity index (χ3v) is 3.26. The molecule has 0 saturated carbocycles. The summed E-state index contributed by atoms with van der Waals surface area (Å²) in [5.74, 6) is 0.562. The Hall–Kier alpha value is -2.82. The van der Waals surface area contributed by atoms with E-state index >= 15 is 0 Å². The highest BCUT2D eigenvalue weighted by molar-refractivity contribution is 5.98. The van der Waals surface area contributed by atoms with Crippen molar-refractivity contribution < 1.29 is 0 Å². The van der Waals surface area contributed by atoms with E-state index in [1.54, 1.807) is 25.4 Å². The smallest absolute Gasteiger partial charge is 0.267 e. The van der Waals surface area contributed by atoms with Crippen LogP contribution in [0.25, 0.3) is 10.9 Å². The van der Waals surface area contributed by atoms with E-state index in [1.807, 2.05) is 37.3 Å². The minimum Gasteiger partial charge on any atom is -0.267 e. The maximum Gasteiger partial charge on any atom is 0.282 e. The van der Waals surface area contributed by atoms with Gasteiger partial charge >= 0.3 is 0 Å². The highest BCUT2D eigenvalue weighted by atomic mass is 16.1. The van der Waals surface area contributed by atoms with Crippen LogP contribution in [0.2, 0.25) is 0 Å². The van der Waals surface area contributed by atoms with Gasteiger partial charge in [-0.05, 0) is 38.1 Å². The Morgan fingerprint density at radius 1 is 1.14 bits per heavy atom. The molecule has 21 heavy (non-hydrogen) atoms. The third kappa shape index (κ3) is 2.45. The summed E-state index contributed by atoms with van der Waals surface area (Å²) in [4.78, 5) is 20.9. The van der Waals surface area contributed by atoms with Crippen LogP contribution in [-0.4, -0.2) is 20.4 Å². The standard InChI is InChI=1S/C16H14N4O/c1-11(13-7-9-17-10-8-13)19-20-12(2)18-15-6-4-3-5-14(15)16(20)21/h3-10H,1-2H3/b19-11-. The predicted octanol–water partition coefficient (Wildman–Crippen LogP) is 2.37. The molecular weight excluding hydrogens is 264 g/mol. The molecular formula is C16H14N4O. The lowest BCUT2D eigenvalue weighted by Gasteiger charge is -2.07. The first kappa shape index (κ1) is 13.2. The summed E-state index contributed by atoms with van der Waals surface area (Å²) in [7, 11) is 0. The van der Waals surface area contributed by atoms with E-state index in [9.17, 15) is 4.79 Å². The van der Waals surface area contributed by atoms with Crippen LogP contribution in [0.1, 0.15) is 18.3 Å². The number of pyridine rings is 1. The molecule has 3 aromatic rings. The number of fused-ring (bicyclic) bond motifs is 1. The number of hydrogen-bond donors (Lipinski definition) is 0. The van der Waals surface area contributed by atoms with Gasteiger partial charge in [0.2, 0.25) is 0 Å². The first-order valence-corrected chi connectivity index (χ1v) is 6.61. The number of rotatable bonds is 2. The average Bonchev–Trinajstić information content (AvgIpc) is 2.52. The summed E-state index contributed by atoms with van der Waals surface area (Å²) in [5.41, 5.74) is 2.18. The zero-order valence-electron chi connectivity index (χ0n) is 11.8. The Labute approximate surface area is 121 Å². The Morgan fingerprint density at radius 2 is 1.86 bits per heavy atom. The quantitative estimate of drug-likeness (QED) is 0.676. The fourth-order valence-corrected chi connectivity index (χ4v) is 2.15. The lowest BCUT2D eigenvalue weighted by molar-refractivity contribution is 0.766. The number of aryl methyl sites for hydroxylation is 1. The lowest BCUT2D eigenvalue weighted by Crippen LogP contribution is -2.21. The van der Waals surface area contributed by atoms with Crippen molar-refractivity contribution >= 4 is 16.6 Å². The molecule has 0 spiro atoms. The molecule has 5 heteroatoms. The largest absolute Gasteiger partial charge is 0.282 e. The van der Waals surface area contributed by atoms with Gasteiger partial charge < -0.3 is 0 Å². The zero-order valence-corrected chi connectivity index (χ0v) is 11.8. The number of benzene rings is 1. The van der Waals surface area contributed by atoms with Crippen molar-refractivity contribution in [3.05, 3.63) is 70.5 Å². The Bertz CT molecular complexity index is 882. The van der Waals surface area contributed by atoms with E-state index in [-0.39, 0.29) is 5.56 Å². The molecule has 1 aromatic carbocycles. The van der Waals surface area contributed by atoms with Crippen LogP contribution < -0.4 is 5.56 Å². The van der Waals surface area contributed by atoms with E-state index in [2.05, 4.69) is 15.1 Å². The van der Waals surface area contributed by atoms with Crippen LogP contribution in [0.4, 0.5) is 0 Å². The van der Waals surface area contributed by atoms with Crippen LogP contribution in [0.5, 0.6) is 0 Å². The summed E-state index contributed by atoms with van der Waals surface area (Å²) in [6, 6.07) is 11.0. The second-order valence-electron chi connectivity index (χ2n) is 4.71. The van der Waals surface area contributed by atoms with E-state index in [0.29, 0.717) is 16.7 Å². The van der Waals surface area contributed by atoms with Crippen molar-refractivity contribution in [2.45, 2.75) is 13.8 Å². The second-order valence-corrected chi connectivity index (χ2v) is 4.71. The number of para-hydroxylation sites is 1. The van der Waals surface area contributed by atoms with E-state index in [0.717, 1.165) is 11.3 Å². The minimum absolute atomic E-state index is 0.161. The van der Waals surface area contributed by atoms with Gasteiger partial charge in [-0.15, -0.1) is 0 Å². The molecule has 0 unspecified atom stereocenters. The van der Waals surface area contributed by atoms with Crippen LogP contribution in [0.15, 0.2) is 58.7 Å². The van der Waals surface area contributed by atoms with Crippen molar-refractivity contribution in [1.82, 2.24) is 14.6 Å². The predicted molar refractivity (Wildman–Crippen MR) is 82.6 cm³/mol. The molecule has 0 N–H and O–H groups in total. The van der Waals surface area contributed by atoms with E-state index in [4.69, 9.17) is 0 Å². The number of aromatic nitrogens is 3. The Morgan fingerprint density at radius 3 is 2.62 bits per heavy atom. The van der Waals surface area contributed by atoms with Crippen molar-refractivity contribution in [1.29, 1.82) is 0 Å². The van der Waals surface area contributed by atoms with Crippen LogP contribution in [-0.2, 0) is 0 Å². The molecule has 0 aliphatic carbocycles. The lowest BCUT2D eigenvalue weighted by atomic mass is 10.2. The summed E-state index contributed by atoms with van der Waals surface area (Å²) in [6.45, 7) is 3.63. The van der Waals surface area contributed by atoms with E-state index < -0.39 is 0 Å². The van der Waals surface area contributed by atoms with Crippen LogP contribution in [0, 0.1) is 6.92 Å². The summed E-state index contributed by atoms with van der Waals surface area (Å²) >= 11 is 0. The van der Waals surface area contributed by atoms with Crippen LogP contribution in [0.3, 0.4) is 0 Å². The second kappa shape index (κ2) is 5.28. The number of nitrogens with zero attached hydrogens (tertiary/aromatic N) is 4.